The van der Waals surface area contributed by atoms with Crippen molar-refractivity contribution in [2.75, 3.05) is 38.0 Å². The highest BCUT2D eigenvalue weighted by Crippen LogP contribution is 2.28. The third kappa shape index (κ3) is 3.54. The fourth-order valence-electron chi connectivity index (χ4n) is 1.64. The average molecular weight is 274 g/mol. The summed E-state index contributed by atoms with van der Waals surface area (Å²) in [5.74, 6) is 1.39. The molecule has 2 atom stereocenters. The van der Waals surface area contributed by atoms with E-state index in [0.29, 0.717) is 5.92 Å². The van der Waals surface area contributed by atoms with Crippen LogP contribution in [0.2, 0.25) is 0 Å². The third-order valence-corrected chi connectivity index (χ3v) is 5.12. The summed E-state index contributed by atoms with van der Waals surface area (Å²) < 4.78 is 6.33. The van der Waals surface area contributed by atoms with E-state index in [1.54, 1.807) is 23.1 Å². The second-order valence-corrected chi connectivity index (χ2v) is 6.57. The van der Waals surface area contributed by atoms with Gasteiger partial charge in [0, 0.05) is 38.4 Å². The molecule has 1 saturated heterocycles. The van der Waals surface area contributed by atoms with Crippen LogP contribution in [0.5, 0.6) is 0 Å². The lowest BCUT2D eigenvalue weighted by molar-refractivity contribution is 0.182. The highest BCUT2D eigenvalue weighted by molar-refractivity contribution is 8.01. The van der Waals surface area contributed by atoms with Gasteiger partial charge in [-0.3, -0.25) is 0 Å². The van der Waals surface area contributed by atoms with Crippen LogP contribution in [0.4, 0.5) is 5.13 Å². The van der Waals surface area contributed by atoms with E-state index in [0.717, 1.165) is 34.9 Å². The molecule has 1 fully saturated rings. The molecule has 1 aromatic heterocycles. The predicted molar refractivity (Wildman–Crippen MR) is 71.9 cm³/mol. The molecule has 0 saturated carbocycles. The Hall–Kier alpha value is -0.370. The SMILES string of the molecule is CN(C)c1nnc(SCC(N)C2CCOC2)s1. The predicted octanol–water partition coefficient (Wildman–Crippen LogP) is 1.06. The van der Waals surface area contributed by atoms with E-state index in [9.17, 15) is 0 Å². The van der Waals surface area contributed by atoms with Gasteiger partial charge in [0.2, 0.25) is 5.13 Å². The molecule has 1 aliphatic heterocycles. The van der Waals surface area contributed by atoms with Crippen LogP contribution in [0.15, 0.2) is 4.34 Å². The summed E-state index contributed by atoms with van der Waals surface area (Å²) >= 11 is 3.30. The number of aromatic nitrogens is 2. The molecule has 96 valence electrons. The summed E-state index contributed by atoms with van der Waals surface area (Å²) in [6.07, 6.45) is 1.08. The maximum absolute atomic E-state index is 6.14. The summed E-state index contributed by atoms with van der Waals surface area (Å²) in [7, 11) is 3.94. The zero-order valence-corrected chi connectivity index (χ0v) is 11.8. The van der Waals surface area contributed by atoms with Gasteiger partial charge in [0.25, 0.3) is 0 Å². The molecule has 2 heterocycles. The number of nitrogens with two attached hydrogens (primary N) is 1. The van der Waals surface area contributed by atoms with Gasteiger partial charge in [0.15, 0.2) is 4.34 Å². The molecule has 0 spiro atoms. The van der Waals surface area contributed by atoms with Crippen molar-refractivity contribution in [1.29, 1.82) is 0 Å². The fraction of sp³-hybridized carbons (Fsp3) is 0.800. The summed E-state index contributed by atoms with van der Waals surface area (Å²) in [6, 6.07) is 0.189. The largest absolute Gasteiger partial charge is 0.381 e. The molecule has 0 aromatic carbocycles. The van der Waals surface area contributed by atoms with Crippen molar-refractivity contribution in [1.82, 2.24) is 10.2 Å². The summed E-state index contributed by atoms with van der Waals surface area (Å²) in [4.78, 5) is 1.96. The smallest absolute Gasteiger partial charge is 0.208 e. The van der Waals surface area contributed by atoms with Gasteiger partial charge in [-0.1, -0.05) is 23.1 Å². The highest BCUT2D eigenvalue weighted by atomic mass is 32.2. The van der Waals surface area contributed by atoms with Crippen LogP contribution >= 0.6 is 23.1 Å². The third-order valence-electron chi connectivity index (χ3n) is 2.75. The van der Waals surface area contributed by atoms with Crippen LogP contribution in [-0.2, 0) is 4.74 Å². The Labute approximate surface area is 110 Å². The van der Waals surface area contributed by atoms with E-state index in [1.807, 2.05) is 19.0 Å². The molecule has 17 heavy (non-hydrogen) atoms. The first kappa shape index (κ1) is 13.1. The van der Waals surface area contributed by atoms with Crippen LogP contribution in [0, 0.1) is 5.92 Å². The van der Waals surface area contributed by atoms with Gasteiger partial charge < -0.3 is 15.4 Å². The molecule has 0 amide bonds. The number of anilines is 1. The normalized spacial score (nSPS) is 21.7. The summed E-state index contributed by atoms with van der Waals surface area (Å²) in [5.41, 5.74) is 6.14. The van der Waals surface area contributed by atoms with Crippen LogP contribution in [0.1, 0.15) is 6.42 Å². The molecule has 1 aromatic rings. The van der Waals surface area contributed by atoms with E-state index < -0.39 is 0 Å². The van der Waals surface area contributed by atoms with E-state index in [-0.39, 0.29) is 6.04 Å². The molecule has 7 heteroatoms. The van der Waals surface area contributed by atoms with Crippen molar-refractivity contribution < 1.29 is 4.74 Å². The Morgan fingerprint density at radius 2 is 2.41 bits per heavy atom. The van der Waals surface area contributed by atoms with Crippen LogP contribution in [-0.4, -0.2) is 49.3 Å². The summed E-state index contributed by atoms with van der Waals surface area (Å²) in [6.45, 7) is 1.66. The molecule has 0 bridgehead atoms. The number of hydrogen-bond donors (Lipinski definition) is 1. The minimum absolute atomic E-state index is 0.189. The van der Waals surface area contributed by atoms with Gasteiger partial charge in [0.05, 0.1) is 6.61 Å². The molecular formula is C10H18N4OS2. The molecule has 0 radical (unpaired) electrons. The first-order chi connectivity index (χ1) is 8.16. The average Bonchev–Trinajstić information content (AvgIpc) is 2.97. The van der Waals surface area contributed by atoms with Crippen molar-refractivity contribution in [2.24, 2.45) is 11.7 Å². The van der Waals surface area contributed by atoms with Crippen LogP contribution < -0.4 is 10.6 Å². The van der Waals surface area contributed by atoms with E-state index in [2.05, 4.69) is 10.2 Å². The van der Waals surface area contributed by atoms with Gasteiger partial charge in [-0.25, -0.2) is 0 Å². The van der Waals surface area contributed by atoms with Crippen molar-refractivity contribution in [3.05, 3.63) is 0 Å². The fourth-order valence-corrected chi connectivity index (χ4v) is 3.51. The minimum Gasteiger partial charge on any atom is -0.381 e. The van der Waals surface area contributed by atoms with Crippen molar-refractivity contribution >= 4 is 28.2 Å². The van der Waals surface area contributed by atoms with E-state index in [4.69, 9.17) is 10.5 Å². The monoisotopic (exact) mass is 274 g/mol. The molecule has 0 aliphatic carbocycles. The Morgan fingerprint density at radius 3 is 3.00 bits per heavy atom. The number of nitrogens with zero attached hydrogens (tertiary/aromatic N) is 3. The van der Waals surface area contributed by atoms with Gasteiger partial charge in [-0.05, 0) is 6.42 Å². The van der Waals surface area contributed by atoms with Gasteiger partial charge in [-0.2, -0.15) is 0 Å². The first-order valence-corrected chi connectivity index (χ1v) is 7.44. The molecule has 2 rings (SSSR count). The van der Waals surface area contributed by atoms with Gasteiger partial charge in [-0.15, -0.1) is 10.2 Å². The van der Waals surface area contributed by atoms with Gasteiger partial charge in [0.1, 0.15) is 0 Å². The Morgan fingerprint density at radius 1 is 1.59 bits per heavy atom. The number of hydrogen-bond acceptors (Lipinski definition) is 7. The molecule has 1 aliphatic rings. The number of ether oxygens (including phenoxy) is 1. The van der Waals surface area contributed by atoms with Crippen molar-refractivity contribution in [3.8, 4) is 0 Å². The lowest BCUT2D eigenvalue weighted by atomic mass is 10.0. The van der Waals surface area contributed by atoms with E-state index in [1.165, 1.54) is 0 Å². The standard InChI is InChI=1S/C10H18N4OS2/c1-14(2)9-12-13-10(17-9)16-6-8(11)7-3-4-15-5-7/h7-8H,3-6,11H2,1-2H3. The summed E-state index contributed by atoms with van der Waals surface area (Å²) in [5, 5.41) is 9.17. The lowest BCUT2D eigenvalue weighted by Crippen LogP contribution is -2.32. The zero-order valence-electron chi connectivity index (χ0n) is 10.1. The Balaban J connectivity index is 1.80. The molecule has 2 N–H and O–H groups in total. The quantitative estimate of drug-likeness (QED) is 0.810. The Bertz CT molecular complexity index is 352. The molecular weight excluding hydrogens is 256 g/mol. The second kappa shape index (κ2) is 5.99. The van der Waals surface area contributed by atoms with Crippen molar-refractivity contribution in [3.63, 3.8) is 0 Å². The van der Waals surface area contributed by atoms with E-state index >= 15 is 0 Å². The number of rotatable bonds is 5. The zero-order chi connectivity index (χ0) is 12.3. The maximum atomic E-state index is 6.14. The van der Waals surface area contributed by atoms with Gasteiger partial charge >= 0.3 is 0 Å². The highest BCUT2D eigenvalue weighted by Gasteiger charge is 2.23. The first-order valence-electron chi connectivity index (χ1n) is 5.64. The lowest BCUT2D eigenvalue weighted by Gasteiger charge is -2.15. The van der Waals surface area contributed by atoms with Crippen molar-refractivity contribution in [2.45, 2.75) is 16.8 Å². The second-order valence-electron chi connectivity index (χ2n) is 4.34. The van der Waals surface area contributed by atoms with Crippen LogP contribution in [0.25, 0.3) is 0 Å². The van der Waals surface area contributed by atoms with Crippen LogP contribution in [0.3, 0.4) is 0 Å². The molecule has 5 nitrogen and oxygen atoms in total. The Kier molecular flexibility index (Phi) is 4.61. The molecule has 2 unspecified atom stereocenters. The number of thioether (sulfide) groups is 1. The minimum atomic E-state index is 0.189. The maximum Gasteiger partial charge on any atom is 0.208 e. The topological polar surface area (TPSA) is 64.3 Å².